The molecule has 0 spiro atoms. The van der Waals surface area contributed by atoms with Gasteiger partial charge in [0.05, 0.1) is 10.7 Å². The van der Waals surface area contributed by atoms with Crippen LogP contribution < -0.4 is 5.32 Å². The van der Waals surface area contributed by atoms with Gasteiger partial charge in [0.1, 0.15) is 4.88 Å². The number of unbranched alkanes of at least 4 members (excludes halogenated alkanes) is 2. The Morgan fingerprint density at radius 3 is 2.73 bits per heavy atom. The predicted molar refractivity (Wildman–Crippen MR) is 90.4 cm³/mol. The van der Waals surface area contributed by atoms with Gasteiger partial charge in [-0.3, -0.25) is 9.78 Å². The molecule has 0 aliphatic rings. The SMILES string of the molecule is CCCCCNC(=O)c1sc(CCc2ccncc2)nc1C. The minimum atomic E-state index is 0.0151. The lowest BCUT2D eigenvalue weighted by Gasteiger charge is -2.02. The van der Waals surface area contributed by atoms with E-state index in [1.165, 1.54) is 16.9 Å². The molecule has 4 nitrogen and oxygen atoms in total. The van der Waals surface area contributed by atoms with Gasteiger partial charge in [0.2, 0.25) is 0 Å². The molecule has 0 saturated heterocycles. The lowest BCUT2D eigenvalue weighted by atomic mass is 10.1. The molecule has 0 fully saturated rings. The van der Waals surface area contributed by atoms with Gasteiger partial charge < -0.3 is 5.32 Å². The van der Waals surface area contributed by atoms with Crippen LogP contribution in [0, 0.1) is 6.92 Å². The van der Waals surface area contributed by atoms with Crippen LogP contribution in [0.4, 0.5) is 0 Å². The smallest absolute Gasteiger partial charge is 0.263 e. The molecule has 5 heteroatoms. The molecule has 2 rings (SSSR count). The van der Waals surface area contributed by atoms with E-state index in [1.54, 1.807) is 12.4 Å². The van der Waals surface area contributed by atoms with Gasteiger partial charge in [-0.1, -0.05) is 19.8 Å². The highest BCUT2D eigenvalue weighted by Gasteiger charge is 2.14. The second-order valence-electron chi connectivity index (χ2n) is 5.34. The first-order valence-corrected chi connectivity index (χ1v) is 8.65. The second-order valence-corrected chi connectivity index (χ2v) is 6.42. The number of aryl methyl sites for hydroxylation is 3. The highest BCUT2D eigenvalue weighted by atomic mass is 32.1. The molecule has 2 aromatic rings. The van der Waals surface area contributed by atoms with Gasteiger partial charge in [-0.15, -0.1) is 11.3 Å². The van der Waals surface area contributed by atoms with E-state index >= 15 is 0 Å². The number of nitrogens with zero attached hydrogens (tertiary/aromatic N) is 2. The van der Waals surface area contributed by atoms with E-state index in [-0.39, 0.29) is 5.91 Å². The van der Waals surface area contributed by atoms with Gasteiger partial charge in [-0.25, -0.2) is 4.98 Å². The first-order chi connectivity index (χ1) is 10.7. The first-order valence-electron chi connectivity index (χ1n) is 7.84. The van der Waals surface area contributed by atoms with E-state index < -0.39 is 0 Å². The van der Waals surface area contributed by atoms with E-state index in [4.69, 9.17) is 0 Å². The number of amides is 1. The Morgan fingerprint density at radius 1 is 1.23 bits per heavy atom. The summed E-state index contributed by atoms with van der Waals surface area (Å²) in [7, 11) is 0. The molecule has 2 aromatic heterocycles. The Labute approximate surface area is 136 Å². The Morgan fingerprint density at radius 2 is 2.00 bits per heavy atom. The molecule has 0 bridgehead atoms. The third-order valence-electron chi connectivity index (χ3n) is 3.49. The summed E-state index contributed by atoms with van der Waals surface area (Å²) in [6.45, 7) is 4.81. The zero-order chi connectivity index (χ0) is 15.8. The van der Waals surface area contributed by atoms with E-state index in [1.807, 2.05) is 19.1 Å². The maximum atomic E-state index is 12.2. The molecule has 118 valence electrons. The Kier molecular flexibility index (Phi) is 6.52. The third kappa shape index (κ3) is 4.91. The summed E-state index contributed by atoms with van der Waals surface area (Å²) >= 11 is 1.51. The first kappa shape index (κ1) is 16.6. The van der Waals surface area contributed by atoms with Crippen molar-refractivity contribution < 1.29 is 4.79 Å². The number of hydrogen-bond acceptors (Lipinski definition) is 4. The summed E-state index contributed by atoms with van der Waals surface area (Å²) in [5.74, 6) is 0.0151. The molecule has 0 atom stereocenters. The van der Waals surface area contributed by atoms with Crippen molar-refractivity contribution in [2.24, 2.45) is 0 Å². The topological polar surface area (TPSA) is 54.9 Å². The molecule has 0 aliphatic carbocycles. The summed E-state index contributed by atoms with van der Waals surface area (Å²) < 4.78 is 0. The van der Waals surface area contributed by atoms with Crippen LogP contribution in [0.15, 0.2) is 24.5 Å². The maximum absolute atomic E-state index is 12.2. The van der Waals surface area contributed by atoms with E-state index in [9.17, 15) is 4.79 Å². The number of hydrogen-bond donors (Lipinski definition) is 1. The normalized spacial score (nSPS) is 10.6. The van der Waals surface area contributed by atoms with Gasteiger partial charge in [0, 0.05) is 25.4 Å². The number of rotatable bonds is 8. The minimum absolute atomic E-state index is 0.0151. The lowest BCUT2D eigenvalue weighted by Crippen LogP contribution is -2.24. The highest BCUT2D eigenvalue weighted by molar-refractivity contribution is 7.13. The molecule has 2 heterocycles. The zero-order valence-corrected chi connectivity index (χ0v) is 14.1. The molecule has 0 saturated carbocycles. The minimum Gasteiger partial charge on any atom is -0.351 e. The van der Waals surface area contributed by atoms with Crippen LogP contribution in [0.1, 0.15) is 52.1 Å². The van der Waals surface area contributed by atoms with Crippen LogP contribution in [0.3, 0.4) is 0 Å². The number of thiazole rings is 1. The van der Waals surface area contributed by atoms with E-state index in [2.05, 4.69) is 22.2 Å². The zero-order valence-electron chi connectivity index (χ0n) is 13.3. The van der Waals surface area contributed by atoms with Gasteiger partial charge in [-0.05, 0) is 37.5 Å². The van der Waals surface area contributed by atoms with Gasteiger partial charge in [0.25, 0.3) is 5.91 Å². The Hall–Kier alpha value is -1.75. The summed E-state index contributed by atoms with van der Waals surface area (Å²) in [6, 6.07) is 4.03. The second kappa shape index (κ2) is 8.63. The summed E-state index contributed by atoms with van der Waals surface area (Å²) in [6.07, 6.45) is 8.74. The molecule has 1 amide bonds. The third-order valence-corrected chi connectivity index (χ3v) is 4.71. The predicted octanol–water partition coefficient (Wildman–Crippen LogP) is 3.55. The number of carbonyl (C=O) groups excluding carboxylic acids is 1. The van der Waals surface area contributed by atoms with Crippen LogP contribution in [0.25, 0.3) is 0 Å². The number of pyridine rings is 1. The van der Waals surface area contributed by atoms with E-state index in [0.29, 0.717) is 0 Å². The van der Waals surface area contributed by atoms with Crippen LogP contribution in [0.2, 0.25) is 0 Å². The van der Waals surface area contributed by atoms with Crippen molar-refractivity contribution in [3.05, 3.63) is 45.7 Å². The fourth-order valence-corrected chi connectivity index (χ4v) is 3.21. The van der Waals surface area contributed by atoms with Crippen molar-refractivity contribution in [1.29, 1.82) is 0 Å². The highest BCUT2D eigenvalue weighted by Crippen LogP contribution is 2.19. The van der Waals surface area contributed by atoms with Crippen LogP contribution in [-0.4, -0.2) is 22.4 Å². The number of carbonyl (C=O) groups is 1. The van der Waals surface area contributed by atoms with E-state index in [0.717, 1.165) is 54.2 Å². The lowest BCUT2D eigenvalue weighted by molar-refractivity contribution is 0.0956. The Bertz CT molecular complexity index is 595. The van der Waals surface area contributed by atoms with Crippen molar-refractivity contribution in [3.8, 4) is 0 Å². The monoisotopic (exact) mass is 317 g/mol. The van der Waals surface area contributed by atoms with Crippen molar-refractivity contribution in [2.45, 2.75) is 46.0 Å². The average Bonchev–Trinajstić information content (AvgIpc) is 2.91. The fraction of sp³-hybridized carbons (Fsp3) is 0.471. The van der Waals surface area contributed by atoms with Crippen LogP contribution in [-0.2, 0) is 12.8 Å². The Balaban J connectivity index is 1.88. The molecule has 1 N–H and O–H groups in total. The van der Waals surface area contributed by atoms with Gasteiger partial charge in [-0.2, -0.15) is 0 Å². The molecule has 0 aliphatic heterocycles. The summed E-state index contributed by atoms with van der Waals surface area (Å²) in [5, 5.41) is 4.01. The van der Waals surface area contributed by atoms with Crippen molar-refractivity contribution >= 4 is 17.2 Å². The van der Waals surface area contributed by atoms with Gasteiger partial charge in [0.15, 0.2) is 0 Å². The standard InChI is InChI=1S/C17H23N3OS/c1-3-4-5-10-19-17(21)16-13(2)20-15(22-16)7-6-14-8-11-18-12-9-14/h8-9,11-12H,3-7,10H2,1-2H3,(H,19,21). The fourth-order valence-electron chi connectivity index (χ4n) is 2.23. The van der Waals surface area contributed by atoms with Crippen LogP contribution >= 0.6 is 11.3 Å². The maximum Gasteiger partial charge on any atom is 0.263 e. The molecule has 22 heavy (non-hydrogen) atoms. The number of aromatic nitrogens is 2. The molecular formula is C17H23N3OS. The van der Waals surface area contributed by atoms with Crippen molar-refractivity contribution in [3.63, 3.8) is 0 Å². The van der Waals surface area contributed by atoms with Crippen molar-refractivity contribution in [1.82, 2.24) is 15.3 Å². The summed E-state index contributed by atoms with van der Waals surface area (Å²) in [4.78, 5) is 21.5. The molecule has 0 unspecified atom stereocenters. The van der Waals surface area contributed by atoms with Crippen LogP contribution in [0.5, 0.6) is 0 Å². The average molecular weight is 317 g/mol. The molecule has 0 aromatic carbocycles. The van der Waals surface area contributed by atoms with Gasteiger partial charge >= 0.3 is 0 Å². The molecular weight excluding hydrogens is 294 g/mol. The number of nitrogens with one attached hydrogen (secondary N) is 1. The quantitative estimate of drug-likeness (QED) is 0.758. The molecule has 0 radical (unpaired) electrons. The van der Waals surface area contributed by atoms with Crippen molar-refractivity contribution in [2.75, 3.05) is 6.54 Å². The largest absolute Gasteiger partial charge is 0.351 e. The summed E-state index contributed by atoms with van der Waals surface area (Å²) in [5.41, 5.74) is 2.08.